The van der Waals surface area contributed by atoms with Gasteiger partial charge in [0.15, 0.2) is 0 Å². The first kappa shape index (κ1) is 15.8. The van der Waals surface area contributed by atoms with E-state index in [2.05, 4.69) is 34.2 Å². The van der Waals surface area contributed by atoms with Crippen LogP contribution >= 0.6 is 11.6 Å². The van der Waals surface area contributed by atoms with E-state index in [1.807, 2.05) is 12.1 Å². The minimum Gasteiger partial charge on any atom is -0.296 e. The SMILES string of the molecule is Clc1ccc(/C=C2\CCCCc3cnn(N4CCCCC4)c32)cc1. The molecule has 1 aliphatic heterocycles. The Balaban J connectivity index is 1.74. The summed E-state index contributed by atoms with van der Waals surface area (Å²) in [6, 6.07) is 8.13. The summed E-state index contributed by atoms with van der Waals surface area (Å²) >= 11 is 6.03. The van der Waals surface area contributed by atoms with Gasteiger partial charge >= 0.3 is 0 Å². The fraction of sp³-hybridized carbons (Fsp3) is 0.450. The van der Waals surface area contributed by atoms with Crippen LogP contribution in [0.2, 0.25) is 5.02 Å². The van der Waals surface area contributed by atoms with E-state index in [-0.39, 0.29) is 0 Å². The number of rotatable bonds is 2. The van der Waals surface area contributed by atoms with Gasteiger partial charge in [-0.05, 0) is 79.9 Å². The Morgan fingerprint density at radius 1 is 0.917 bits per heavy atom. The third kappa shape index (κ3) is 3.23. The van der Waals surface area contributed by atoms with E-state index in [1.54, 1.807) is 0 Å². The van der Waals surface area contributed by atoms with E-state index in [0.29, 0.717) is 0 Å². The molecule has 3 nitrogen and oxygen atoms in total. The Hall–Kier alpha value is -1.74. The summed E-state index contributed by atoms with van der Waals surface area (Å²) in [5, 5.41) is 7.96. The minimum absolute atomic E-state index is 0.789. The lowest BCUT2D eigenvalue weighted by Gasteiger charge is -2.30. The Morgan fingerprint density at radius 2 is 1.67 bits per heavy atom. The lowest BCUT2D eigenvalue weighted by molar-refractivity contribution is 0.446. The van der Waals surface area contributed by atoms with Gasteiger partial charge in [-0.3, -0.25) is 5.01 Å². The first-order valence-electron chi connectivity index (χ1n) is 9.10. The van der Waals surface area contributed by atoms with Crippen LogP contribution < -0.4 is 5.01 Å². The highest BCUT2D eigenvalue weighted by Gasteiger charge is 2.22. The molecule has 0 atom stereocenters. The van der Waals surface area contributed by atoms with Gasteiger partial charge in [-0.15, -0.1) is 0 Å². The summed E-state index contributed by atoms with van der Waals surface area (Å²) in [6.07, 6.45) is 13.0. The molecule has 1 aliphatic carbocycles. The highest BCUT2D eigenvalue weighted by Crippen LogP contribution is 2.32. The molecule has 0 radical (unpaired) electrons. The largest absolute Gasteiger partial charge is 0.296 e. The Labute approximate surface area is 148 Å². The third-order valence-corrected chi connectivity index (χ3v) is 5.34. The van der Waals surface area contributed by atoms with Crippen molar-refractivity contribution in [1.82, 2.24) is 9.89 Å². The normalized spacial score (nSPS) is 20.0. The molecule has 4 rings (SSSR count). The first-order chi connectivity index (χ1) is 11.8. The fourth-order valence-electron chi connectivity index (χ4n) is 3.82. The van der Waals surface area contributed by atoms with E-state index in [1.165, 1.54) is 54.5 Å². The van der Waals surface area contributed by atoms with Crippen LogP contribution in [0.1, 0.15) is 55.3 Å². The number of halogens is 1. The second-order valence-corrected chi connectivity index (χ2v) is 7.29. The summed E-state index contributed by atoms with van der Waals surface area (Å²) in [4.78, 5) is 2.20. The predicted molar refractivity (Wildman–Crippen MR) is 101 cm³/mol. The number of hydrogen-bond acceptors (Lipinski definition) is 2. The maximum absolute atomic E-state index is 6.03. The second-order valence-electron chi connectivity index (χ2n) is 6.85. The van der Waals surface area contributed by atoms with Crippen LogP contribution in [0.4, 0.5) is 0 Å². The molecule has 24 heavy (non-hydrogen) atoms. The van der Waals surface area contributed by atoms with Crippen molar-refractivity contribution >= 4 is 23.3 Å². The number of benzene rings is 1. The van der Waals surface area contributed by atoms with Crippen LogP contribution in [-0.4, -0.2) is 23.0 Å². The number of nitrogens with zero attached hydrogens (tertiary/aromatic N) is 3. The van der Waals surface area contributed by atoms with Gasteiger partial charge in [-0.2, -0.15) is 9.89 Å². The molecule has 126 valence electrons. The van der Waals surface area contributed by atoms with Gasteiger partial charge in [0.2, 0.25) is 0 Å². The first-order valence-corrected chi connectivity index (χ1v) is 9.48. The molecule has 2 aliphatic rings. The summed E-state index contributed by atoms with van der Waals surface area (Å²) in [5.74, 6) is 0. The molecule has 1 aromatic carbocycles. The number of piperidine rings is 1. The number of hydrogen-bond donors (Lipinski definition) is 0. The maximum atomic E-state index is 6.03. The van der Waals surface area contributed by atoms with Gasteiger partial charge in [-0.25, -0.2) is 0 Å². The highest BCUT2D eigenvalue weighted by molar-refractivity contribution is 6.30. The summed E-state index contributed by atoms with van der Waals surface area (Å²) in [7, 11) is 0. The predicted octanol–water partition coefficient (Wildman–Crippen LogP) is 4.93. The van der Waals surface area contributed by atoms with Crippen LogP contribution in [0, 0.1) is 0 Å². The molecule has 2 aromatic rings. The van der Waals surface area contributed by atoms with Crippen molar-refractivity contribution in [2.45, 2.75) is 44.9 Å². The summed E-state index contributed by atoms with van der Waals surface area (Å²) in [5.41, 5.74) is 5.36. The van der Waals surface area contributed by atoms with Gasteiger partial charge in [0.1, 0.15) is 0 Å². The van der Waals surface area contributed by atoms with E-state index in [9.17, 15) is 0 Å². The third-order valence-electron chi connectivity index (χ3n) is 5.08. The Kier molecular flexibility index (Phi) is 4.61. The number of aryl methyl sites for hydroxylation is 1. The van der Waals surface area contributed by atoms with E-state index < -0.39 is 0 Å². The molecular formula is C20H24ClN3. The number of fused-ring (bicyclic) bond motifs is 1. The quantitative estimate of drug-likeness (QED) is 0.722. The molecule has 1 fully saturated rings. The van der Waals surface area contributed by atoms with E-state index in [4.69, 9.17) is 16.7 Å². The fourth-order valence-corrected chi connectivity index (χ4v) is 3.95. The molecular weight excluding hydrogens is 318 g/mol. The standard InChI is InChI=1S/C20H24ClN3/c21-19-10-8-16(9-11-19)14-17-6-2-3-7-18-15-22-24(20(17)18)23-12-4-1-5-13-23/h8-11,14-15H,1-7,12-13H2/b17-14+. The van der Waals surface area contributed by atoms with Crippen LogP contribution in [0.15, 0.2) is 30.5 Å². The molecule has 1 saturated heterocycles. The summed E-state index contributed by atoms with van der Waals surface area (Å²) in [6.45, 7) is 2.23. The van der Waals surface area contributed by atoms with E-state index >= 15 is 0 Å². The average Bonchev–Trinajstić information content (AvgIpc) is 2.94. The van der Waals surface area contributed by atoms with E-state index in [0.717, 1.165) is 31.0 Å². The van der Waals surface area contributed by atoms with Gasteiger partial charge in [0.05, 0.1) is 11.9 Å². The lowest BCUT2D eigenvalue weighted by atomic mass is 10.0. The smallest absolute Gasteiger partial charge is 0.0912 e. The second kappa shape index (κ2) is 7.02. The topological polar surface area (TPSA) is 21.1 Å². The van der Waals surface area contributed by atoms with Crippen molar-refractivity contribution in [2.24, 2.45) is 0 Å². The molecule has 0 spiro atoms. The van der Waals surface area contributed by atoms with Crippen molar-refractivity contribution in [1.29, 1.82) is 0 Å². The van der Waals surface area contributed by atoms with Crippen LogP contribution in [0.5, 0.6) is 0 Å². The van der Waals surface area contributed by atoms with Crippen LogP contribution in [-0.2, 0) is 6.42 Å². The van der Waals surface area contributed by atoms with Gasteiger partial charge in [0.25, 0.3) is 0 Å². The van der Waals surface area contributed by atoms with Gasteiger partial charge in [0, 0.05) is 18.1 Å². The highest BCUT2D eigenvalue weighted by atomic mass is 35.5. The summed E-state index contributed by atoms with van der Waals surface area (Å²) < 4.78 is 0. The van der Waals surface area contributed by atoms with Crippen molar-refractivity contribution in [3.63, 3.8) is 0 Å². The average molecular weight is 342 g/mol. The van der Waals surface area contributed by atoms with Gasteiger partial charge in [-0.1, -0.05) is 23.7 Å². The molecule has 0 N–H and O–H groups in total. The van der Waals surface area contributed by atoms with Crippen LogP contribution in [0.25, 0.3) is 11.6 Å². The molecule has 0 bridgehead atoms. The van der Waals surface area contributed by atoms with Gasteiger partial charge < -0.3 is 0 Å². The van der Waals surface area contributed by atoms with Crippen LogP contribution in [0.3, 0.4) is 0 Å². The maximum Gasteiger partial charge on any atom is 0.0912 e. The lowest BCUT2D eigenvalue weighted by Crippen LogP contribution is -2.40. The number of allylic oxidation sites excluding steroid dienone is 1. The molecule has 4 heteroatoms. The molecule has 2 heterocycles. The molecule has 0 unspecified atom stereocenters. The monoisotopic (exact) mass is 341 g/mol. The Morgan fingerprint density at radius 3 is 2.46 bits per heavy atom. The zero-order chi connectivity index (χ0) is 16.4. The Bertz CT molecular complexity index is 724. The van der Waals surface area contributed by atoms with Crippen molar-refractivity contribution in [3.8, 4) is 0 Å². The van der Waals surface area contributed by atoms with Crippen molar-refractivity contribution < 1.29 is 0 Å². The zero-order valence-corrected chi connectivity index (χ0v) is 14.8. The molecule has 0 amide bonds. The minimum atomic E-state index is 0.789. The number of aromatic nitrogens is 2. The molecule has 1 aromatic heterocycles. The molecule has 0 saturated carbocycles. The van der Waals surface area contributed by atoms with Crippen molar-refractivity contribution in [3.05, 3.63) is 52.3 Å². The zero-order valence-electron chi connectivity index (χ0n) is 14.0. The van der Waals surface area contributed by atoms with Crippen molar-refractivity contribution in [2.75, 3.05) is 18.1 Å².